The molecule has 0 aliphatic carbocycles. The summed E-state index contributed by atoms with van der Waals surface area (Å²) in [7, 11) is 3.95. The van der Waals surface area contributed by atoms with Crippen molar-refractivity contribution in [1.82, 2.24) is 4.57 Å². The maximum atomic E-state index is 13.3. The van der Waals surface area contributed by atoms with Crippen molar-refractivity contribution in [3.63, 3.8) is 0 Å². The monoisotopic (exact) mass is 525 g/mol. The molecule has 3 aromatic rings. The fourth-order valence-electron chi connectivity index (χ4n) is 3.72. The van der Waals surface area contributed by atoms with Crippen LogP contribution in [-0.4, -0.2) is 31.2 Å². The van der Waals surface area contributed by atoms with E-state index in [1.54, 1.807) is 13.8 Å². The number of ether oxygens (including phenoxy) is 1. The molecule has 0 radical (unpaired) electrons. The Morgan fingerprint density at radius 1 is 1.18 bits per heavy atom. The highest BCUT2D eigenvalue weighted by Gasteiger charge is 2.31. The van der Waals surface area contributed by atoms with Gasteiger partial charge in [0.2, 0.25) is 0 Å². The van der Waals surface area contributed by atoms with Crippen molar-refractivity contribution in [1.29, 1.82) is 0 Å². The van der Waals surface area contributed by atoms with Gasteiger partial charge in [0.05, 0.1) is 16.7 Å². The van der Waals surface area contributed by atoms with Crippen molar-refractivity contribution in [3.8, 4) is 0 Å². The van der Waals surface area contributed by atoms with Gasteiger partial charge in [-0.2, -0.15) is 0 Å². The molecule has 2 heterocycles. The quantitative estimate of drug-likeness (QED) is 0.476. The largest absolute Gasteiger partial charge is 0.463 e. The number of anilines is 1. The lowest BCUT2D eigenvalue weighted by Crippen LogP contribution is -2.35. The summed E-state index contributed by atoms with van der Waals surface area (Å²) in [5.41, 5.74) is 3.58. The predicted molar refractivity (Wildman–Crippen MR) is 136 cm³/mol. The summed E-state index contributed by atoms with van der Waals surface area (Å²) in [6.07, 6.45) is 1.85. The van der Waals surface area contributed by atoms with Crippen molar-refractivity contribution in [2.45, 2.75) is 19.9 Å². The topological polar surface area (TPSA) is 63.9 Å². The van der Waals surface area contributed by atoms with Gasteiger partial charge < -0.3 is 9.64 Å². The van der Waals surface area contributed by atoms with Gasteiger partial charge in [-0.25, -0.2) is 9.79 Å². The molecular weight excluding hydrogens is 502 g/mol. The normalized spacial score (nSPS) is 15.8. The SMILES string of the molecule is CCOC(=O)C1=C(C)n2c(s/c(=C\c3ccc(Br)cc3)c2=O)=N[C@H]1c1ccc(N(C)C)cc1. The first-order valence-electron chi connectivity index (χ1n) is 10.5. The zero-order valence-electron chi connectivity index (χ0n) is 18.8. The fourth-order valence-corrected chi connectivity index (χ4v) is 5.03. The summed E-state index contributed by atoms with van der Waals surface area (Å²) in [6, 6.07) is 15.1. The van der Waals surface area contributed by atoms with Gasteiger partial charge in [0, 0.05) is 30.0 Å². The van der Waals surface area contributed by atoms with Crippen LogP contribution in [0.3, 0.4) is 0 Å². The van der Waals surface area contributed by atoms with E-state index in [-0.39, 0.29) is 12.2 Å². The van der Waals surface area contributed by atoms with Crippen molar-refractivity contribution in [3.05, 3.63) is 89.4 Å². The number of fused-ring (bicyclic) bond motifs is 1. The third-order valence-electron chi connectivity index (χ3n) is 5.43. The number of esters is 1. The molecule has 6 nitrogen and oxygen atoms in total. The number of halogens is 1. The molecule has 0 unspecified atom stereocenters. The molecule has 1 aliphatic rings. The van der Waals surface area contributed by atoms with Crippen LogP contribution in [0, 0.1) is 0 Å². The van der Waals surface area contributed by atoms with E-state index in [0.29, 0.717) is 20.6 Å². The average molecular weight is 526 g/mol. The summed E-state index contributed by atoms with van der Waals surface area (Å²) in [5, 5.41) is 0. The lowest BCUT2D eigenvalue weighted by molar-refractivity contribution is -0.138. The van der Waals surface area contributed by atoms with E-state index in [1.165, 1.54) is 15.9 Å². The molecule has 0 amide bonds. The molecule has 33 heavy (non-hydrogen) atoms. The number of carbonyl (C=O) groups is 1. The maximum Gasteiger partial charge on any atom is 0.338 e. The number of rotatable bonds is 5. The van der Waals surface area contributed by atoms with E-state index in [1.807, 2.05) is 73.6 Å². The Balaban J connectivity index is 1.90. The molecule has 4 rings (SSSR count). The molecule has 170 valence electrons. The maximum absolute atomic E-state index is 13.3. The molecule has 1 aromatic heterocycles. The molecule has 2 aromatic carbocycles. The fraction of sp³-hybridized carbons (Fsp3) is 0.240. The van der Waals surface area contributed by atoms with Gasteiger partial charge in [-0.3, -0.25) is 9.36 Å². The summed E-state index contributed by atoms with van der Waals surface area (Å²) >= 11 is 4.75. The van der Waals surface area contributed by atoms with Gasteiger partial charge in [0.15, 0.2) is 4.80 Å². The Hall–Kier alpha value is -2.97. The predicted octanol–water partition coefficient (Wildman–Crippen LogP) is 3.74. The second-order valence-electron chi connectivity index (χ2n) is 7.82. The van der Waals surface area contributed by atoms with E-state index in [4.69, 9.17) is 9.73 Å². The summed E-state index contributed by atoms with van der Waals surface area (Å²) in [6.45, 7) is 3.79. The van der Waals surface area contributed by atoms with Gasteiger partial charge in [0.25, 0.3) is 5.56 Å². The first-order chi connectivity index (χ1) is 15.8. The van der Waals surface area contributed by atoms with Crippen LogP contribution in [0.15, 0.2) is 68.4 Å². The van der Waals surface area contributed by atoms with Gasteiger partial charge >= 0.3 is 5.97 Å². The third kappa shape index (κ3) is 4.58. The highest BCUT2D eigenvalue weighted by molar-refractivity contribution is 9.10. The number of benzene rings is 2. The van der Waals surface area contributed by atoms with Gasteiger partial charge in [-0.1, -0.05) is 51.5 Å². The zero-order valence-corrected chi connectivity index (χ0v) is 21.2. The number of aromatic nitrogens is 1. The highest BCUT2D eigenvalue weighted by atomic mass is 79.9. The lowest BCUT2D eigenvalue weighted by atomic mass is 9.96. The van der Waals surface area contributed by atoms with Crippen LogP contribution in [0.25, 0.3) is 11.8 Å². The van der Waals surface area contributed by atoms with Gasteiger partial charge in [-0.05, 0) is 55.3 Å². The van der Waals surface area contributed by atoms with Crippen LogP contribution in [0.5, 0.6) is 0 Å². The second kappa shape index (κ2) is 9.49. The van der Waals surface area contributed by atoms with E-state index >= 15 is 0 Å². The molecular formula is C25H24BrN3O3S. The second-order valence-corrected chi connectivity index (χ2v) is 9.75. The minimum Gasteiger partial charge on any atom is -0.463 e. The van der Waals surface area contributed by atoms with Crippen molar-refractivity contribution in [2.75, 3.05) is 25.6 Å². The van der Waals surface area contributed by atoms with Crippen LogP contribution >= 0.6 is 27.3 Å². The molecule has 0 saturated heterocycles. The van der Waals surface area contributed by atoms with Crippen LogP contribution in [-0.2, 0) is 9.53 Å². The summed E-state index contributed by atoms with van der Waals surface area (Å²) in [4.78, 5) is 33.6. The minimum absolute atomic E-state index is 0.192. The first-order valence-corrected chi connectivity index (χ1v) is 12.1. The van der Waals surface area contributed by atoms with Crippen molar-refractivity contribution < 1.29 is 9.53 Å². The van der Waals surface area contributed by atoms with Gasteiger partial charge in [0.1, 0.15) is 6.04 Å². The summed E-state index contributed by atoms with van der Waals surface area (Å²) in [5.74, 6) is -0.456. The Morgan fingerprint density at radius 3 is 2.45 bits per heavy atom. The van der Waals surface area contributed by atoms with Crippen LogP contribution in [0.2, 0.25) is 0 Å². The molecule has 1 aliphatic heterocycles. The smallest absolute Gasteiger partial charge is 0.338 e. The van der Waals surface area contributed by atoms with Crippen LogP contribution in [0.1, 0.15) is 31.0 Å². The zero-order chi connectivity index (χ0) is 23.7. The number of allylic oxidation sites excluding steroid dienone is 1. The first kappa shape index (κ1) is 23.2. The van der Waals surface area contributed by atoms with E-state index in [2.05, 4.69) is 15.9 Å². The molecule has 0 fully saturated rings. The number of nitrogens with zero attached hydrogens (tertiary/aromatic N) is 3. The Kier molecular flexibility index (Phi) is 6.67. The van der Waals surface area contributed by atoms with Crippen LogP contribution < -0.4 is 19.8 Å². The van der Waals surface area contributed by atoms with E-state index in [0.717, 1.165) is 21.3 Å². The average Bonchev–Trinajstić information content (AvgIpc) is 3.10. The molecule has 0 N–H and O–H groups in total. The minimum atomic E-state index is -0.543. The van der Waals surface area contributed by atoms with Crippen LogP contribution in [0.4, 0.5) is 5.69 Å². The number of thiazole rings is 1. The van der Waals surface area contributed by atoms with Gasteiger partial charge in [-0.15, -0.1) is 0 Å². The van der Waals surface area contributed by atoms with E-state index < -0.39 is 12.0 Å². The van der Waals surface area contributed by atoms with E-state index in [9.17, 15) is 9.59 Å². The number of hydrogen-bond donors (Lipinski definition) is 0. The van der Waals surface area contributed by atoms with Crippen molar-refractivity contribution in [2.24, 2.45) is 4.99 Å². The van der Waals surface area contributed by atoms with Crippen molar-refractivity contribution >= 4 is 50.7 Å². The molecule has 0 saturated carbocycles. The molecule has 0 spiro atoms. The molecule has 8 heteroatoms. The summed E-state index contributed by atoms with van der Waals surface area (Å²) < 4.78 is 8.39. The Morgan fingerprint density at radius 2 is 1.85 bits per heavy atom. The number of carbonyl (C=O) groups excluding carboxylic acids is 1. The lowest BCUT2D eigenvalue weighted by Gasteiger charge is -2.23. The molecule has 1 atom stereocenters. The number of hydrogen-bond acceptors (Lipinski definition) is 6. The Labute approximate surface area is 204 Å². The highest BCUT2D eigenvalue weighted by Crippen LogP contribution is 2.33. The molecule has 0 bridgehead atoms. The third-order valence-corrected chi connectivity index (χ3v) is 6.94. The Bertz CT molecular complexity index is 1400. The standard InChI is InChI=1S/C25H24BrN3O3S/c1-5-32-24(31)21-15(2)29-23(30)20(14-16-6-10-18(26)11-7-16)33-25(29)27-22(21)17-8-12-19(13-9-17)28(3)4/h6-14,22H,5H2,1-4H3/b20-14-/t22-/m0/s1.